The summed E-state index contributed by atoms with van der Waals surface area (Å²) < 4.78 is 6.94. The standard InChI is InChI=1S/C17H24N4O2/c1-17(2,3)23-16(22)19-11-13(18)15-10-14(20-21(15)4)12-8-6-5-7-9-12/h5-10,13H,11,18H2,1-4H3,(H,19,22). The van der Waals surface area contributed by atoms with E-state index in [1.807, 2.05) is 64.2 Å². The van der Waals surface area contributed by atoms with Crippen molar-refractivity contribution >= 4 is 6.09 Å². The molecule has 124 valence electrons. The third-order valence-electron chi connectivity index (χ3n) is 3.23. The predicted molar refractivity (Wildman–Crippen MR) is 89.8 cm³/mol. The predicted octanol–water partition coefficient (Wildman–Crippen LogP) is 2.61. The molecule has 1 unspecified atom stereocenters. The molecule has 1 aromatic carbocycles. The number of rotatable bonds is 4. The molecule has 0 fully saturated rings. The fourth-order valence-electron chi connectivity index (χ4n) is 2.19. The van der Waals surface area contributed by atoms with Crippen molar-refractivity contribution in [3.05, 3.63) is 42.1 Å². The smallest absolute Gasteiger partial charge is 0.407 e. The van der Waals surface area contributed by atoms with Crippen LogP contribution in [0.25, 0.3) is 11.3 Å². The average Bonchev–Trinajstić information content (AvgIpc) is 2.86. The summed E-state index contributed by atoms with van der Waals surface area (Å²) in [6, 6.07) is 11.5. The number of hydrogen-bond donors (Lipinski definition) is 2. The molecule has 1 amide bonds. The lowest BCUT2D eigenvalue weighted by Gasteiger charge is -2.20. The van der Waals surface area contributed by atoms with Gasteiger partial charge in [0, 0.05) is 19.2 Å². The number of ether oxygens (including phenoxy) is 1. The van der Waals surface area contributed by atoms with Crippen LogP contribution in [0, 0.1) is 0 Å². The van der Waals surface area contributed by atoms with Gasteiger partial charge in [0.1, 0.15) is 5.60 Å². The van der Waals surface area contributed by atoms with E-state index in [1.165, 1.54) is 0 Å². The van der Waals surface area contributed by atoms with Gasteiger partial charge >= 0.3 is 6.09 Å². The van der Waals surface area contributed by atoms with Crippen LogP contribution in [-0.2, 0) is 11.8 Å². The first-order chi connectivity index (χ1) is 10.8. The zero-order chi connectivity index (χ0) is 17.0. The van der Waals surface area contributed by atoms with Crippen molar-refractivity contribution in [1.29, 1.82) is 0 Å². The maximum atomic E-state index is 11.7. The number of alkyl carbamates (subject to hydrolysis) is 1. The Morgan fingerprint density at radius 3 is 2.61 bits per heavy atom. The van der Waals surface area contributed by atoms with Crippen LogP contribution >= 0.6 is 0 Å². The number of aryl methyl sites for hydroxylation is 1. The minimum Gasteiger partial charge on any atom is -0.444 e. The first-order valence-corrected chi connectivity index (χ1v) is 7.58. The van der Waals surface area contributed by atoms with Crippen molar-refractivity contribution in [2.75, 3.05) is 6.54 Å². The minimum atomic E-state index is -0.527. The van der Waals surface area contributed by atoms with Gasteiger partial charge in [-0.2, -0.15) is 5.10 Å². The third kappa shape index (κ3) is 4.82. The number of carbonyl (C=O) groups excluding carboxylic acids is 1. The topological polar surface area (TPSA) is 82.2 Å². The van der Waals surface area contributed by atoms with Gasteiger partial charge in [0.05, 0.1) is 17.4 Å². The molecule has 6 nitrogen and oxygen atoms in total. The van der Waals surface area contributed by atoms with Gasteiger partial charge in [0.25, 0.3) is 0 Å². The highest BCUT2D eigenvalue weighted by Crippen LogP contribution is 2.21. The lowest BCUT2D eigenvalue weighted by Crippen LogP contribution is -2.37. The molecule has 0 saturated carbocycles. The summed E-state index contributed by atoms with van der Waals surface area (Å²) in [7, 11) is 1.84. The number of amides is 1. The Labute approximate surface area is 136 Å². The number of carbonyl (C=O) groups is 1. The van der Waals surface area contributed by atoms with Crippen molar-refractivity contribution < 1.29 is 9.53 Å². The molecule has 1 aromatic heterocycles. The lowest BCUT2D eigenvalue weighted by molar-refractivity contribution is 0.0524. The molecule has 3 N–H and O–H groups in total. The largest absolute Gasteiger partial charge is 0.444 e. The molecule has 0 aliphatic carbocycles. The fraction of sp³-hybridized carbons (Fsp3) is 0.412. The van der Waals surface area contributed by atoms with Gasteiger partial charge in [-0.1, -0.05) is 30.3 Å². The minimum absolute atomic E-state index is 0.280. The van der Waals surface area contributed by atoms with Crippen LogP contribution in [0.15, 0.2) is 36.4 Å². The zero-order valence-corrected chi connectivity index (χ0v) is 14.0. The quantitative estimate of drug-likeness (QED) is 0.908. The number of hydrogen-bond acceptors (Lipinski definition) is 4. The summed E-state index contributed by atoms with van der Waals surface area (Å²) in [4.78, 5) is 11.7. The Morgan fingerprint density at radius 1 is 1.35 bits per heavy atom. The summed E-state index contributed by atoms with van der Waals surface area (Å²) in [5.41, 5.74) is 8.38. The highest BCUT2D eigenvalue weighted by atomic mass is 16.6. The Bertz CT molecular complexity index is 659. The van der Waals surface area contributed by atoms with Crippen molar-refractivity contribution in [2.45, 2.75) is 32.4 Å². The van der Waals surface area contributed by atoms with Crippen LogP contribution < -0.4 is 11.1 Å². The fourth-order valence-corrected chi connectivity index (χ4v) is 2.19. The van der Waals surface area contributed by atoms with E-state index in [2.05, 4.69) is 10.4 Å². The van der Waals surface area contributed by atoms with Crippen LogP contribution in [0.5, 0.6) is 0 Å². The lowest BCUT2D eigenvalue weighted by atomic mass is 10.1. The summed E-state index contributed by atoms with van der Waals surface area (Å²) in [6.45, 7) is 5.74. The number of nitrogens with two attached hydrogens (primary N) is 1. The first kappa shape index (κ1) is 17.0. The highest BCUT2D eigenvalue weighted by molar-refractivity contribution is 5.67. The van der Waals surface area contributed by atoms with E-state index in [0.29, 0.717) is 0 Å². The van der Waals surface area contributed by atoms with Gasteiger partial charge in [0.15, 0.2) is 0 Å². The number of aromatic nitrogens is 2. The summed E-state index contributed by atoms with van der Waals surface area (Å²) >= 11 is 0. The van der Waals surface area contributed by atoms with Crippen LogP contribution in [0.2, 0.25) is 0 Å². The van der Waals surface area contributed by atoms with Gasteiger partial charge in [0.2, 0.25) is 0 Å². The second-order valence-electron chi connectivity index (χ2n) is 6.43. The molecule has 0 bridgehead atoms. The van der Waals surface area contributed by atoms with Crippen LogP contribution in [0.4, 0.5) is 4.79 Å². The molecule has 2 aromatic rings. The van der Waals surface area contributed by atoms with E-state index in [0.717, 1.165) is 17.0 Å². The van der Waals surface area contributed by atoms with Crippen LogP contribution in [0.3, 0.4) is 0 Å². The van der Waals surface area contributed by atoms with E-state index >= 15 is 0 Å². The van der Waals surface area contributed by atoms with Crippen molar-refractivity contribution in [2.24, 2.45) is 12.8 Å². The molecular formula is C17H24N4O2. The van der Waals surface area contributed by atoms with Gasteiger partial charge < -0.3 is 15.8 Å². The van der Waals surface area contributed by atoms with Crippen molar-refractivity contribution in [3.8, 4) is 11.3 Å². The highest BCUT2D eigenvalue weighted by Gasteiger charge is 2.18. The summed E-state index contributed by atoms with van der Waals surface area (Å²) in [5.74, 6) is 0. The monoisotopic (exact) mass is 316 g/mol. The molecule has 23 heavy (non-hydrogen) atoms. The SMILES string of the molecule is Cn1nc(-c2ccccc2)cc1C(N)CNC(=O)OC(C)(C)C. The number of benzene rings is 1. The van der Waals surface area contributed by atoms with Gasteiger partial charge in [-0.3, -0.25) is 4.68 Å². The second-order valence-corrected chi connectivity index (χ2v) is 6.43. The van der Waals surface area contributed by atoms with Gasteiger partial charge in [-0.25, -0.2) is 4.79 Å². The normalized spacial score (nSPS) is 12.7. The molecule has 2 rings (SSSR count). The summed E-state index contributed by atoms with van der Waals surface area (Å²) in [5, 5.41) is 7.17. The molecule has 6 heteroatoms. The number of nitrogens with zero attached hydrogens (tertiary/aromatic N) is 2. The molecule has 0 radical (unpaired) electrons. The zero-order valence-electron chi connectivity index (χ0n) is 14.0. The van der Waals surface area contributed by atoms with Crippen LogP contribution in [-0.4, -0.2) is 28.0 Å². The summed E-state index contributed by atoms with van der Waals surface area (Å²) in [6.07, 6.45) is -0.474. The molecule has 0 aliphatic rings. The van der Waals surface area contributed by atoms with Crippen molar-refractivity contribution in [3.63, 3.8) is 0 Å². The molecule has 0 aliphatic heterocycles. The Kier molecular flexibility index (Phi) is 5.05. The Morgan fingerprint density at radius 2 is 2.00 bits per heavy atom. The first-order valence-electron chi connectivity index (χ1n) is 7.58. The Balaban J connectivity index is 2.02. The molecule has 1 heterocycles. The van der Waals surface area contributed by atoms with E-state index in [4.69, 9.17) is 10.5 Å². The van der Waals surface area contributed by atoms with E-state index in [1.54, 1.807) is 4.68 Å². The number of nitrogens with one attached hydrogen (secondary N) is 1. The molecular weight excluding hydrogens is 292 g/mol. The van der Waals surface area contributed by atoms with Gasteiger partial charge in [-0.05, 0) is 26.8 Å². The molecule has 0 saturated heterocycles. The van der Waals surface area contributed by atoms with E-state index in [9.17, 15) is 4.79 Å². The van der Waals surface area contributed by atoms with Gasteiger partial charge in [-0.15, -0.1) is 0 Å². The Hall–Kier alpha value is -2.34. The maximum absolute atomic E-state index is 11.7. The van der Waals surface area contributed by atoms with Crippen molar-refractivity contribution in [1.82, 2.24) is 15.1 Å². The van der Waals surface area contributed by atoms with Crippen LogP contribution in [0.1, 0.15) is 32.5 Å². The van der Waals surface area contributed by atoms with E-state index in [-0.39, 0.29) is 12.6 Å². The third-order valence-corrected chi connectivity index (χ3v) is 3.23. The van der Waals surface area contributed by atoms with E-state index < -0.39 is 11.7 Å². The maximum Gasteiger partial charge on any atom is 0.407 e. The average molecular weight is 316 g/mol. The molecule has 1 atom stereocenters. The molecule has 0 spiro atoms. The second kappa shape index (κ2) is 6.83.